The smallest absolute Gasteiger partial charge is 0.255 e. The summed E-state index contributed by atoms with van der Waals surface area (Å²) in [5.74, 6) is 0.845. The van der Waals surface area contributed by atoms with Crippen LogP contribution in [0.5, 0.6) is 0 Å². The Kier molecular flexibility index (Phi) is 7.01. The van der Waals surface area contributed by atoms with Gasteiger partial charge in [0.2, 0.25) is 0 Å². The van der Waals surface area contributed by atoms with E-state index in [4.69, 9.17) is 9.40 Å². The van der Waals surface area contributed by atoms with E-state index in [-0.39, 0.29) is 17.7 Å². The summed E-state index contributed by atoms with van der Waals surface area (Å²) in [5, 5.41) is 0. The van der Waals surface area contributed by atoms with Crippen molar-refractivity contribution in [3.05, 3.63) is 83.1 Å². The molecule has 7 nitrogen and oxygen atoms in total. The van der Waals surface area contributed by atoms with E-state index in [0.29, 0.717) is 25.2 Å². The molecule has 3 heterocycles. The van der Waals surface area contributed by atoms with Crippen LogP contribution < -0.4 is 4.90 Å². The summed E-state index contributed by atoms with van der Waals surface area (Å²) in [7, 11) is 5.67. The number of carbonyl (C=O) groups excluding carboxylic acids is 2. The van der Waals surface area contributed by atoms with E-state index in [9.17, 15) is 9.59 Å². The van der Waals surface area contributed by atoms with Crippen molar-refractivity contribution in [1.29, 1.82) is 0 Å². The standard InChI is InChI=1S/C27H32N4O3/c1-19-11-12-23(26(32)30(4)18-21-8-7-17-34-21)25(28-19)20-13-15-31(16-14-20)27(33)22-9-5-6-10-24(22)29(2)3/h5-12,17,20H,13-16,18H2,1-4H3. The Balaban J connectivity index is 1.49. The number of carbonyl (C=O) groups is 2. The Hall–Kier alpha value is -3.61. The summed E-state index contributed by atoms with van der Waals surface area (Å²) in [5.41, 5.74) is 3.98. The highest BCUT2D eigenvalue weighted by atomic mass is 16.3. The number of benzene rings is 1. The van der Waals surface area contributed by atoms with Crippen molar-refractivity contribution in [2.45, 2.75) is 32.2 Å². The van der Waals surface area contributed by atoms with Gasteiger partial charge >= 0.3 is 0 Å². The average molecular weight is 461 g/mol. The molecule has 7 heteroatoms. The molecular formula is C27H32N4O3. The fourth-order valence-corrected chi connectivity index (χ4v) is 4.55. The molecule has 4 rings (SSSR count). The lowest BCUT2D eigenvalue weighted by atomic mass is 9.89. The Morgan fingerprint density at radius 1 is 1.00 bits per heavy atom. The van der Waals surface area contributed by atoms with Crippen LogP contribution in [0.15, 0.2) is 59.2 Å². The first-order valence-corrected chi connectivity index (χ1v) is 11.7. The average Bonchev–Trinajstić information content (AvgIpc) is 3.36. The lowest BCUT2D eigenvalue weighted by Crippen LogP contribution is -2.39. The quantitative estimate of drug-likeness (QED) is 0.547. The first kappa shape index (κ1) is 23.5. The molecule has 1 aromatic carbocycles. The maximum atomic E-state index is 13.3. The molecule has 0 aliphatic carbocycles. The summed E-state index contributed by atoms with van der Waals surface area (Å²) in [6.45, 7) is 3.62. The van der Waals surface area contributed by atoms with Crippen molar-refractivity contribution in [3.8, 4) is 0 Å². The number of para-hydroxylation sites is 1. The number of aromatic nitrogens is 1. The minimum atomic E-state index is -0.0719. The Bertz CT molecular complexity index is 1150. The van der Waals surface area contributed by atoms with Crippen LogP contribution in [0.25, 0.3) is 0 Å². The molecule has 3 aromatic rings. The van der Waals surface area contributed by atoms with E-state index in [1.54, 1.807) is 18.2 Å². The Labute approximate surface area is 201 Å². The molecule has 0 atom stereocenters. The minimum Gasteiger partial charge on any atom is -0.467 e. The van der Waals surface area contributed by atoms with Crippen molar-refractivity contribution < 1.29 is 14.0 Å². The van der Waals surface area contributed by atoms with Crippen LogP contribution in [0.4, 0.5) is 5.69 Å². The van der Waals surface area contributed by atoms with Crippen molar-refractivity contribution in [2.24, 2.45) is 0 Å². The zero-order valence-electron chi connectivity index (χ0n) is 20.3. The molecule has 178 valence electrons. The number of nitrogens with zero attached hydrogens (tertiary/aromatic N) is 4. The summed E-state index contributed by atoms with van der Waals surface area (Å²) >= 11 is 0. The highest BCUT2D eigenvalue weighted by Crippen LogP contribution is 2.31. The monoisotopic (exact) mass is 460 g/mol. The molecule has 0 bridgehead atoms. The van der Waals surface area contributed by atoms with Gasteiger partial charge in [-0.15, -0.1) is 0 Å². The third kappa shape index (κ3) is 4.98. The van der Waals surface area contributed by atoms with Gasteiger partial charge in [0.25, 0.3) is 11.8 Å². The van der Waals surface area contributed by atoms with Gasteiger partial charge in [-0.3, -0.25) is 14.6 Å². The molecule has 1 fully saturated rings. The minimum absolute atomic E-state index is 0.0504. The van der Waals surface area contributed by atoms with E-state index < -0.39 is 0 Å². The SMILES string of the molecule is Cc1ccc(C(=O)N(C)Cc2ccco2)c(C2CCN(C(=O)c3ccccc3N(C)C)CC2)n1. The summed E-state index contributed by atoms with van der Waals surface area (Å²) in [6.07, 6.45) is 3.15. The van der Waals surface area contributed by atoms with Crippen LogP contribution in [0.3, 0.4) is 0 Å². The first-order chi connectivity index (χ1) is 16.3. The molecule has 0 radical (unpaired) electrons. The largest absolute Gasteiger partial charge is 0.467 e. The van der Waals surface area contributed by atoms with E-state index in [2.05, 4.69) is 0 Å². The normalized spacial score (nSPS) is 14.2. The maximum absolute atomic E-state index is 13.3. The molecule has 0 unspecified atom stereocenters. The van der Waals surface area contributed by atoms with Crippen LogP contribution in [-0.2, 0) is 6.54 Å². The number of amides is 2. The second-order valence-corrected chi connectivity index (χ2v) is 9.10. The molecule has 0 saturated carbocycles. The van der Waals surface area contributed by atoms with Crippen molar-refractivity contribution in [3.63, 3.8) is 0 Å². The summed E-state index contributed by atoms with van der Waals surface area (Å²) in [4.78, 5) is 36.9. The van der Waals surface area contributed by atoms with Crippen LogP contribution >= 0.6 is 0 Å². The topological polar surface area (TPSA) is 69.9 Å². The van der Waals surface area contributed by atoms with Crippen LogP contribution in [0.2, 0.25) is 0 Å². The zero-order valence-corrected chi connectivity index (χ0v) is 20.3. The number of rotatable bonds is 6. The molecule has 1 aliphatic rings. The van der Waals surface area contributed by atoms with E-state index in [0.717, 1.165) is 41.2 Å². The predicted octanol–water partition coefficient (Wildman–Crippen LogP) is 4.34. The van der Waals surface area contributed by atoms with E-state index in [1.165, 1.54) is 0 Å². The molecule has 1 aliphatic heterocycles. The molecule has 2 aromatic heterocycles. The van der Waals surface area contributed by atoms with Crippen LogP contribution in [0.1, 0.15) is 56.6 Å². The first-order valence-electron chi connectivity index (χ1n) is 11.7. The van der Waals surface area contributed by atoms with Gasteiger partial charge in [-0.05, 0) is 56.2 Å². The van der Waals surface area contributed by atoms with Crippen LogP contribution in [-0.4, -0.2) is 60.8 Å². The highest BCUT2D eigenvalue weighted by Gasteiger charge is 2.30. The molecule has 2 amide bonds. The zero-order chi connectivity index (χ0) is 24.2. The highest BCUT2D eigenvalue weighted by molar-refractivity contribution is 6.00. The van der Waals surface area contributed by atoms with Gasteiger partial charge < -0.3 is 19.1 Å². The summed E-state index contributed by atoms with van der Waals surface area (Å²) < 4.78 is 5.40. The van der Waals surface area contributed by atoms with Crippen molar-refractivity contribution >= 4 is 17.5 Å². The number of hydrogen-bond acceptors (Lipinski definition) is 5. The van der Waals surface area contributed by atoms with Crippen molar-refractivity contribution in [2.75, 3.05) is 39.1 Å². The van der Waals surface area contributed by atoms with Gasteiger partial charge in [-0.25, -0.2) is 0 Å². The summed E-state index contributed by atoms with van der Waals surface area (Å²) in [6, 6.07) is 15.1. The second kappa shape index (κ2) is 10.1. The molecule has 34 heavy (non-hydrogen) atoms. The van der Waals surface area contributed by atoms with Crippen LogP contribution in [0, 0.1) is 6.92 Å². The third-order valence-electron chi connectivity index (χ3n) is 6.40. The maximum Gasteiger partial charge on any atom is 0.255 e. The van der Waals surface area contributed by atoms with Gasteiger partial charge in [-0.2, -0.15) is 0 Å². The predicted molar refractivity (Wildman–Crippen MR) is 132 cm³/mol. The number of likely N-dealkylation sites (tertiary alicyclic amines) is 1. The number of pyridine rings is 1. The third-order valence-corrected chi connectivity index (χ3v) is 6.40. The van der Waals surface area contributed by atoms with E-state index >= 15 is 0 Å². The number of hydrogen-bond donors (Lipinski definition) is 0. The van der Waals surface area contributed by atoms with Gasteiger partial charge in [0.1, 0.15) is 5.76 Å². The Morgan fingerprint density at radius 2 is 1.74 bits per heavy atom. The number of anilines is 1. The Morgan fingerprint density at radius 3 is 2.41 bits per heavy atom. The van der Waals surface area contributed by atoms with Gasteiger partial charge in [0, 0.05) is 51.5 Å². The molecular weight excluding hydrogens is 428 g/mol. The second-order valence-electron chi connectivity index (χ2n) is 9.10. The van der Waals surface area contributed by atoms with Gasteiger partial charge in [-0.1, -0.05) is 12.1 Å². The number of aryl methyl sites for hydroxylation is 1. The number of furan rings is 1. The molecule has 0 N–H and O–H groups in total. The van der Waals surface area contributed by atoms with Gasteiger partial charge in [0.05, 0.1) is 29.6 Å². The van der Waals surface area contributed by atoms with Crippen molar-refractivity contribution in [1.82, 2.24) is 14.8 Å². The lowest BCUT2D eigenvalue weighted by molar-refractivity contribution is 0.0706. The fourth-order valence-electron chi connectivity index (χ4n) is 4.55. The lowest BCUT2D eigenvalue weighted by Gasteiger charge is -2.33. The molecule has 1 saturated heterocycles. The van der Waals surface area contributed by atoms with Gasteiger partial charge in [0.15, 0.2) is 0 Å². The fraction of sp³-hybridized carbons (Fsp3) is 0.370. The number of piperidine rings is 1. The van der Waals surface area contributed by atoms with E-state index in [1.807, 2.05) is 79.3 Å². The molecule has 0 spiro atoms.